The molecule has 0 radical (unpaired) electrons. The number of rotatable bonds is 4. The highest BCUT2D eigenvalue weighted by Crippen LogP contribution is 2.29. The van der Waals surface area contributed by atoms with Crippen molar-refractivity contribution < 1.29 is 14.2 Å². The fourth-order valence-corrected chi connectivity index (χ4v) is 2.78. The molecule has 1 fully saturated rings. The van der Waals surface area contributed by atoms with E-state index in [1.54, 1.807) is 18.2 Å². The van der Waals surface area contributed by atoms with Crippen molar-refractivity contribution in [2.75, 3.05) is 7.11 Å². The van der Waals surface area contributed by atoms with Crippen LogP contribution in [0.25, 0.3) is 0 Å². The summed E-state index contributed by atoms with van der Waals surface area (Å²) in [5.74, 6) is 0.238. The van der Waals surface area contributed by atoms with Gasteiger partial charge in [0.2, 0.25) is 0 Å². The summed E-state index contributed by atoms with van der Waals surface area (Å²) in [6.45, 7) is 0. The van der Waals surface area contributed by atoms with Crippen LogP contribution in [-0.2, 0) is 6.42 Å². The standard InChI is InChI=1S/C15H21FO2/c1-18-14-9-5-8-12(15(14)16)10-13(17)11-6-3-2-4-7-11/h5,8-9,11,13,17H,2-4,6-7,10H2,1H3. The van der Waals surface area contributed by atoms with Crippen molar-refractivity contribution in [2.24, 2.45) is 5.92 Å². The first-order valence-electron chi connectivity index (χ1n) is 6.72. The molecule has 3 heteroatoms. The molecule has 0 aliphatic heterocycles. The molecule has 1 aliphatic rings. The SMILES string of the molecule is COc1cccc(CC(O)C2CCCCC2)c1F. The third-order valence-corrected chi connectivity index (χ3v) is 3.89. The maximum Gasteiger partial charge on any atom is 0.168 e. The summed E-state index contributed by atoms with van der Waals surface area (Å²) in [5, 5.41) is 10.2. The molecular formula is C15H21FO2. The van der Waals surface area contributed by atoms with Gasteiger partial charge < -0.3 is 9.84 Å². The maximum absolute atomic E-state index is 14.0. The van der Waals surface area contributed by atoms with Crippen molar-refractivity contribution in [3.8, 4) is 5.75 Å². The Morgan fingerprint density at radius 2 is 2.06 bits per heavy atom. The minimum absolute atomic E-state index is 0.253. The number of benzene rings is 1. The van der Waals surface area contributed by atoms with Gasteiger partial charge in [0.05, 0.1) is 13.2 Å². The number of methoxy groups -OCH3 is 1. The highest BCUT2D eigenvalue weighted by atomic mass is 19.1. The van der Waals surface area contributed by atoms with Gasteiger partial charge >= 0.3 is 0 Å². The lowest BCUT2D eigenvalue weighted by Crippen LogP contribution is -2.25. The van der Waals surface area contributed by atoms with Gasteiger partial charge in [-0.3, -0.25) is 0 Å². The first kappa shape index (κ1) is 13.3. The van der Waals surface area contributed by atoms with E-state index in [4.69, 9.17) is 4.74 Å². The lowest BCUT2D eigenvalue weighted by atomic mass is 9.83. The monoisotopic (exact) mass is 252 g/mol. The van der Waals surface area contributed by atoms with Crippen molar-refractivity contribution in [1.29, 1.82) is 0 Å². The van der Waals surface area contributed by atoms with E-state index in [0.29, 0.717) is 17.9 Å². The fraction of sp³-hybridized carbons (Fsp3) is 0.600. The number of halogens is 1. The number of hydrogen-bond acceptors (Lipinski definition) is 2. The number of aliphatic hydroxyl groups is 1. The predicted octanol–water partition coefficient (Wildman–Crippen LogP) is 3.32. The molecule has 0 heterocycles. The van der Waals surface area contributed by atoms with E-state index >= 15 is 0 Å². The van der Waals surface area contributed by atoms with Crippen LogP contribution < -0.4 is 4.74 Å². The molecule has 1 N–H and O–H groups in total. The van der Waals surface area contributed by atoms with E-state index < -0.39 is 6.10 Å². The van der Waals surface area contributed by atoms with Gasteiger partial charge in [0, 0.05) is 6.42 Å². The summed E-state index contributed by atoms with van der Waals surface area (Å²) >= 11 is 0. The first-order chi connectivity index (χ1) is 8.72. The smallest absolute Gasteiger partial charge is 0.168 e. The lowest BCUT2D eigenvalue weighted by Gasteiger charge is -2.26. The highest BCUT2D eigenvalue weighted by Gasteiger charge is 2.23. The number of aliphatic hydroxyl groups excluding tert-OH is 1. The molecule has 100 valence electrons. The molecule has 1 unspecified atom stereocenters. The fourth-order valence-electron chi connectivity index (χ4n) is 2.78. The van der Waals surface area contributed by atoms with Crippen LogP contribution in [0.3, 0.4) is 0 Å². The van der Waals surface area contributed by atoms with Gasteiger partial charge in [-0.2, -0.15) is 0 Å². The molecule has 18 heavy (non-hydrogen) atoms. The van der Waals surface area contributed by atoms with Crippen molar-refractivity contribution in [3.63, 3.8) is 0 Å². The number of hydrogen-bond donors (Lipinski definition) is 1. The Balaban J connectivity index is 2.04. The van der Waals surface area contributed by atoms with Crippen LogP contribution in [0, 0.1) is 11.7 Å². The summed E-state index contributed by atoms with van der Waals surface area (Å²) in [5.41, 5.74) is 0.549. The molecule has 0 amide bonds. The van der Waals surface area contributed by atoms with Gasteiger partial charge in [-0.1, -0.05) is 31.4 Å². The van der Waals surface area contributed by atoms with Gasteiger partial charge in [-0.15, -0.1) is 0 Å². The van der Waals surface area contributed by atoms with Crippen LogP contribution in [0.5, 0.6) is 5.75 Å². The van der Waals surface area contributed by atoms with E-state index in [2.05, 4.69) is 0 Å². The van der Waals surface area contributed by atoms with Gasteiger partial charge in [0.25, 0.3) is 0 Å². The molecule has 0 saturated heterocycles. The van der Waals surface area contributed by atoms with Crippen molar-refractivity contribution in [2.45, 2.75) is 44.6 Å². The average molecular weight is 252 g/mol. The van der Waals surface area contributed by atoms with Crippen LogP contribution in [0.4, 0.5) is 4.39 Å². The van der Waals surface area contributed by atoms with Crippen LogP contribution in [0.15, 0.2) is 18.2 Å². The highest BCUT2D eigenvalue weighted by molar-refractivity contribution is 5.31. The Bertz CT molecular complexity index is 386. The van der Waals surface area contributed by atoms with Crippen LogP contribution in [0.2, 0.25) is 0 Å². The van der Waals surface area contributed by atoms with Crippen LogP contribution in [-0.4, -0.2) is 18.3 Å². The topological polar surface area (TPSA) is 29.5 Å². The Morgan fingerprint density at radius 1 is 1.33 bits per heavy atom. The van der Waals surface area contributed by atoms with Gasteiger partial charge in [0.1, 0.15) is 0 Å². The van der Waals surface area contributed by atoms with Crippen LogP contribution in [0.1, 0.15) is 37.7 Å². The van der Waals surface area contributed by atoms with E-state index in [9.17, 15) is 9.50 Å². The third kappa shape index (κ3) is 3.02. The maximum atomic E-state index is 14.0. The Labute approximate surface area is 108 Å². The Kier molecular flexibility index (Phi) is 4.59. The normalized spacial score (nSPS) is 18.6. The molecule has 2 rings (SSSR count). The number of ether oxygens (including phenoxy) is 1. The van der Waals surface area contributed by atoms with Crippen molar-refractivity contribution >= 4 is 0 Å². The van der Waals surface area contributed by atoms with E-state index in [1.807, 2.05) is 0 Å². The molecule has 1 atom stereocenters. The Hall–Kier alpha value is -1.09. The molecule has 1 saturated carbocycles. The van der Waals surface area contributed by atoms with E-state index in [-0.39, 0.29) is 11.6 Å². The molecule has 1 aromatic carbocycles. The van der Waals surface area contributed by atoms with Crippen molar-refractivity contribution in [1.82, 2.24) is 0 Å². The molecule has 2 nitrogen and oxygen atoms in total. The summed E-state index contributed by atoms with van der Waals surface area (Å²) in [6.07, 6.45) is 5.70. The zero-order valence-electron chi connectivity index (χ0n) is 10.9. The van der Waals surface area contributed by atoms with Crippen molar-refractivity contribution in [3.05, 3.63) is 29.6 Å². The second kappa shape index (κ2) is 6.19. The zero-order chi connectivity index (χ0) is 13.0. The van der Waals surface area contributed by atoms with E-state index in [0.717, 1.165) is 12.8 Å². The summed E-state index contributed by atoms with van der Waals surface area (Å²) in [4.78, 5) is 0. The van der Waals surface area contributed by atoms with Gasteiger partial charge in [-0.05, 0) is 30.4 Å². The van der Waals surface area contributed by atoms with Gasteiger partial charge in [0.15, 0.2) is 11.6 Å². The van der Waals surface area contributed by atoms with Gasteiger partial charge in [-0.25, -0.2) is 4.39 Å². The second-order valence-corrected chi connectivity index (χ2v) is 5.10. The molecule has 0 bridgehead atoms. The predicted molar refractivity (Wildman–Crippen MR) is 69.2 cm³/mol. The summed E-state index contributed by atoms with van der Waals surface area (Å²) < 4.78 is 18.9. The third-order valence-electron chi connectivity index (χ3n) is 3.89. The van der Waals surface area contributed by atoms with E-state index in [1.165, 1.54) is 26.4 Å². The molecular weight excluding hydrogens is 231 g/mol. The molecule has 1 aromatic rings. The molecule has 0 spiro atoms. The minimum atomic E-state index is -0.438. The quantitative estimate of drug-likeness (QED) is 0.890. The average Bonchev–Trinajstić information content (AvgIpc) is 2.42. The van der Waals surface area contributed by atoms with Crippen LogP contribution >= 0.6 is 0 Å². The lowest BCUT2D eigenvalue weighted by molar-refractivity contribution is 0.0842. The second-order valence-electron chi connectivity index (χ2n) is 5.10. The largest absolute Gasteiger partial charge is 0.494 e. The summed E-state index contributed by atoms with van der Waals surface area (Å²) in [7, 11) is 1.46. The summed E-state index contributed by atoms with van der Waals surface area (Å²) in [6, 6.07) is 5.10. The zero-order valence-corrected chi connectivity index (χ0v) is 10.9. The first-order valence-corrected chi connectivity index (χ1v) is 6.72. The molecule has 1 aliphatic carbocycles. The molecule has 0 aromatic heterocycles. The minimum Gasteiger partial charge on any atom is -0.494 e. The Morgan fingerprint density at radius 3 is 2.72 bits per heavy atom.